The van der Waals surface area contributed by atoms with Crippen LogP contribution in [0.5, 0.6) is 5.75 Å². The van der Waals surface area contributed by atoms with Crippen molar-refractivity contribution in [3.05, 3.63) is 83.1 Å². The van der Waals surface area contributed by atoms with E-state index in [0.717, 1.165) is 21.9 Å². The monoisotopic (exact) mass is 434 g/mol. The number of aryl methyl sites for hydroxylation is 1. The van der Waals surface area contributed by atoms with Gasteiger partial charge in [-0.15, -0.1) is 0 Å². The molecule has 3 aromatic rings. The van der Waals surface area contributed by atoms with Crippen LogP contribution in [0, 0.1) is 5.95 Å². The van der Waals surface area contributed by atoms with Crippen LogP contribution in [0.15, 0.2) is 66.0 Å². The Morgan fingerprint density at radius 1 is 1.09 bits per heavy atom. The SMILES string of the molecule is O=C(CCc1ccc2cc(O)ccc2c1)NC1=C(C(=O)O)CC(c2ccc(F)nc2)CC1. The first-order chi connectivity index (χ1) is 15.4. The summed E-state index contributed by atoms with van der Waals surface area (Å²) in [6, 6.07) is 13.8. The van der Waals surface area contributed by atoms with E-state index in [1.807, 2.05) is 24.3 Å². The van der Waals surface area contributed by atoms with Crippen molar-refractivity contribution in [1.82, 2.24) is 10.3 Å². The third-order valence-corrected chi connectivity index (χ3v) is 5.86. The normalized spacial score (nSPS) is 16.2. The lowest BCUT2D eigenvalue weighted by molar-refractivity contribution is -0.133. The molecule has 1 aliphatic carbocycles. The van der Waals surface area contributed by atoms with Crippen molar-refractivity contribution >= 4 is 22.6 Å². The highest BCUT2D eigenvalue weighted by molar-refractivity contribution is 5.90. The number of carboxylic acid groups (broad SMARTS) is 1. The first-order valence-corrected chi connectivity index (χ1v) is 10.5. The standard InChI is InChI=1S/C25H23FN2O4/c26-23-9-6-19(14-27-23)18-5-8-22(21(13-18)25(31)32)28-24(30)10-2-15-1-3-17-12-20(29)7-4-16(17)11-15/h1,3-4,6-7,9,11-12,14,18,29H,2,5,8,10,13H2,(H,28,30)(H,31,32). The third kappa shape index (κ3) is 4.94. The number of nitrogens with one attached hydrogen (secondary N) is 1. The van der Waals surface area contributed by atoms with Gasteiger partial charge in [0, 0.05) is 18.3 Å². The number of carbonyl (C=O) groups excluding carboxylic acids is 1. The minimum atomic E-state index is -1.06. The average molecular weight is 434 g/mol. The predicted molar refractivity (Wildman–Crippen MR) is 118 cm³/mol. The smallest absolute Gasteiger partial charge is 0.333 e. The van der Waals surface area contributed by atoms with Gasteiger partial charge in [0.1, 0.15) is 5.75 Å². The maximum atomic E-state index is 13.1. The minimum absolute atomic E-state index is 0.0770. The van der Waals surface area contributed by atoms with E-state index in [4.69, 9.17) is 0 Å². The van der Waals surface area contributed by atoms with E-state index in [0.29, 0.717) is 25.0 Å². The van der Waals surface area contributed by atoms with Crippen LogP contribution in [0.4, 0.5) is 4.39 Å². The van der Waals surface area contributed by atoms with E-state index < -0.39 is 11.9 Å². The summed E-state index contributed by atoms with van der Waals surface area (Å²) < 4.78 is 13.1. The third-order valence-electron chi connectivity index (χ3n) is 5.86. The molecule has 1 aliphatic rings. The second-order valence-corrected chi connectivity index (χ2v) is 8.03. The molecule has 2 aromatic carbocycles. The van der Waals surface area contributed by atoms with Crippen LogP contribution >= 0.6 is 0 Å². The van der Waals surface area contributed by atoms with Gasteiger partial charge in [0.25, 0.3) is 0 Å². The number of hydrogen-bond acceptors (Lipinski definition) is 4. The topological polar surface area (TPSA) is 99.5 Å². The Labute approximate surface area is 184 Å². The van der Waals surface area contributed by atoms with Crippen LogP contribution in [0.25, 0.3) is 10.8 Å². The van der Waals surface area contributed by atoms with Crippen LogP contribution in [0.3, 0.4) is 0 Å². The summed E-state index contributed by atoms with van der Waals surface area (Å²) in [6.45, 7) is 0. The number of nitrogens with zero attached hydrogens (tertiary/aromatic N) is 1. The maximum Gasteiger partial charge on any atom is 0.333 e. The van der Waals surface area contributed by atoms with Crippen molar-refractivity contribution in [3.63, 3.8) is 0 Å². The van der Waals surface area contributed by atoms with E-state index in [1.165, 1.54) is 12.3 Å². The fraction of sp³-hybridized carbons (Fsp3) is 0.240. The van der Waals surface area contributed by atoms with E-state index in [-0.39, 0.29) is 36.0 Å². The number of aromatic nitrogens is 1. The average Bonchev–Trinajstić information content (AvgIpc) is 2.78. The van der Waals surface area contributed by atoms with Crippen molar-refractivity contribution in [2.45, 2.75) is 38.0 Å². The largest absolute Gasteiger partial charge is 0.508 e. The number of allylic oxidation sites excluding steroid dienone is 1. The number of benzene rings is 2. The first-order valence-electron chi connectivity index (χ1n) is 10.5. The zero-order valence-corrected chi connectivity index (χ0v) is 17.3. The summed E-state index contributed by atoms with van der Waals surface area (Å²) in [6.07, 6.45) is 3.52. The number of amides is 1. The molecule has 4 rings (SSSR count). The summed E-state index contributed by atoms with van der Waals surface area (Å²) in [5, 5.41) is 23.9. The van der Waals surface area contributed by atoms with Gasteiger partial charge in [-0.3, -0.25) is 4.79 Å². The summed E-state index contributed by atoms with van der Waals surface area (Å²) >= 11 is 0. The van der Waals surface area contributed by atoms with Crippen molar-refractivity contribution in [2.75, 3.05) is 0 Å². The number of carbonyl (C=O) groups is 2. The number of aromatic hydroxyl groups is 1. The van der Waals surface area contributed by atoms with Gasteiger partial charge in [-0.25, -0.2) is 9.78 Å². The Bertz CT molecular complexity index is 1200. The molecular formula is C25H23FN2O4. The number of aliphatic carboxylic acids is 1. The van der Waals surface area contributed by atoms with Crippen molar-refractivity contribution in [1.29, 1.82) is 0 Å². The molecule has 0 fully saturated rings. The van der Waals surface area contributed by atoms with Gasteiger partial charge in [0.05, 0.1) is 5.57 Å². The fourth-order valence-electron chi connectivity index (χ4n) is 4.14. The molecule has 0 bridgehead atoms. The molecule has 1 aromatic heterocycles. The number of phenols is 1. The first kappa shape index (κ1) is 21.5. The molecule has 1 unspecified atom stereocenters. The highest BCUT2D eigenvalue weighted by Crippen LogP contribution is 2.35. The Morgan fingerprint density at radius 2 is 1.88 bits per heavy atom. The maximum absolute atomic E-state index is 13.1. The van der Waals surface area contributed by atoms with Gasteiger partial charge in [0.15, 0.2) is 0 Å². The number of hydrogen-bond donors (Lipinski definition) is 3. The van der Waals surface area contributed by atoms with Gasteiger partial charge in [0.2, 0.25) is 11.9 Å². The molecule has 1 amide bonds. The van der Waals surface area contributed by atoms with Gasteiger partial charge in [-0.1, -0.05) is 30.3 Å². The quantitative estimate of drug-likeness (QED) is 0.498. The Balaban J connectivity index is 1.41. The van der Waals surface area contributed by atoms with Gasteiger partial charge >= 0.3 is 5.97 Å². The molecule has 164 valence electrons. The number of carboxylic acids is 1. The summed E-state index contributed by atoms with van der Waals surface area (Å²) in [7, 11) is 0. The number of halogens is 1. The minimum Gasteiger partial charge on any atom is -0.508 e. The van der Waals surface area contributed by atoms with Crippen LogP contribution in [0.1, 0.15) is 42.7 Å². The summed E-state index contributed by atoms with van der Waals surface area (Å²) in [5.41, 5.74) is 2.41. The molecule has 0 spiro atoms. The Hall–Kier alpha value is -3.74. The van der Waals surface area contributed by atoms with Gasteiger partial charge in [-0.05, 0) is 71.7 Å². The number of phenolic OH excluding ortho intramolecular Hbond substituents is 1. The molecular weight excluding hydrogens is 411 g/mol. The number of fused-ring (bicyclic) bond motifs is 1. The van der Waals surface area contributed by atoms with E-state index >= 15 is 0 Å². The lowest BCUT2D eigenvalue weighted by atomic mass is 9.82. The highest BCUT2D eigenvalue weighted by atomic mass is 19.1. The molecule has 3 N–H and O–H groups in total. The van der Waals surface area contributed by atoms with E-state index in [1.54, 1.807) is 18.2 Å². The molecule has 7 heteroatoms. The van der Waals surface area contributed by atoms with Crippen molar-refractivity contribution in [3.8, 4) is 5.75 Å². The van der Waals surface area contributed by atoms with Gasteiger partial charge < -0.3 is 15.5 Å². The summed E-state index contributed by atoms with van der Waals surface area (Å²) in [5.74, 6) is -1.73. The fourth-order valence-corrected chi connectivity index (χ4v) is 4.14. The van der Waals surface area contributed by atoms with Crippen molar-refractivity contribution in [2.24, 2.45) is 0 Å². The molecule has 0 saturated carbocycles. The molecule has 0 saturated heterocycles. The molecule has 6 nitrogen and oxygen atoms in total. The number of rotatable bonds is 6. The molecule has 0 radical (unpaired) electrons. The highest BCUT2D eigenvalue weighted by Gasteiger charge is 2.27. The van der Waals surface area contributed by atoms with E-state index in [9.17, 15) is 24.2 Å². The zero-order valence-electron chi connectivity index (χ0n) is 17.3. The Morgan fingerprint density at radius 3 is 2.62 bits per heavy atom. The van der Waals surface area contributed by atoms with Crippen LogP contribution in [0.2, 0.25) is 0 Å². The van der Waals surface area contributed by atoms with Crippen molar-refractivity contribution < 1.29 is 24.2 Å². The number of pyridine rings is 1. The van der Waals surface area contributed by atoms with E-state index in [2.05, 4.69) is 10.3 Å². The molecule has 32 heavy (non-hydrogen) atoms. The lowest BCUT2D eigenvalue weighted by Gasteiger charge is -2.26. The predicted octanol–water partition coefficient (Wildman–Crippen LogP) is 4.43. The zero-order chi connectivity index (χ0) is 22.7. The summed E-state index contributed by atoms with van der Waals surface area (Å²) in [4.78, 5) is 28.0. The second-order valence-electron chi connectivity index (χ2n) is 8.03. The molecule has 0 aliphatic heterocycles. The molecule has 1 atom stereocenters. The molecule has 1 heterocycles. The van der Waals surface area contributed by atoms with Crippen LogP contribution in [-0.2, 0) is 16.0 Å². The van der Waals surface area contributed by atoms with Gasteiger partial charge in [-0.2, -0.15) is 4.39 Å². The second kappa shape index (κ2) is 9.18. The lowest BCUT2D eigenvalue weighted by Crippen LogP contribution is -2.29. The Kier molecular flexibility index (Phi) is 6.16. The van der Waals surface area contributed by atoms with Crippen LogP contribution in [-0.4, -0.2) is 27.1 Å². The van der Waals surface area contributed by atoms with Crippen LogP contribution < -0.4 is 5.32 Å².